The third-order valence-corrected chi connectivity index (χ3v) is 8.61. The molecule has 1 fully saturated rings. The molecule has 2 heterocycles. The number of amides is 2. The summed E-state index contributed by atoms with van der Waals surface area (Å²) in [6, 6.07) is 17.5. The molecule has 0 bridgehead atoms. The van der Waals surface area contributed by atoms with Gasteiger partial charge in [-0.25, -0.2) is 4.98 Å². The summed E-state index contributed by atoms with van der Waals surface area (Å²) in [5, 5.41) is 7.25. The van der Waals surface area contributed by atoms with Gasteiger partial charge in [0.25, 0.3) is 5.91 Å². The van der Waals surface area contributed by atoms with E-state index in [9.17, 15) is 35.9 Å². The summed E-state index contributed by atoms with van der Waals surface area (Å²) in [5.74, 6) is -1.29. The minimum atomic E-state index is -4.54. The molecule has 1 aromatic heterocycles. The van der Waals surface area contributed by atoms with Crippen LogP contribution < -0.4 is 16.0 Å². The highest BCUT2D eigenvalue weighted by atomic mass is 19.4. The Morgan fingerprint density at radius 1 is 0.826 bits per heavy atom. The fraction of sp³-hybridized carbons (Fsp3) is 0.424. The molecule has 0 saturated carbocycles. The number of alkyl halides is 6. The van der Waals surface area contributed by atoms with E-state index in [0.717, 1.165) is 11.1 Å². The van der Waals surface area contributed by atoms with Crippen LogP contribution in [-0.2, 0) is 10.2 Å². The maximum absolute atomic E-state index is 13.6. The molecule has 246 valence electrons. The van der Waals surface area contributed by atoms with Crippen LogP contribution in [0, 0.1) is 0 Å². The third-order valence-electron chi connectivity index (χ3n) is 8.61. The van der Waals surface area contributed by atoms with Gasteiger partial charge in [-0.1, -0.05) is 55.0 Å². The molecule has 46 heavy (non-hydrogen) atoms. The molecule has 2 aliphatic rings. The first-order valence-corrected chi connectivity index (χ1v) is 15.2. The SMILES string of the molecule is O=C(NC1CCN(CCCCC2(C(=O)NCC(F)(F)F)c3ccccc3-c3ccccc32)CC1)c1cccnc1NCC(F)(F)F. The molecular weight excluding hydrogens is 612 g/mol. The Morgan fingerprint density at radius 3 is 2.04 bits per heavy atom. The predicted molar refractivity (Wildman–Crippen MR) is 161 cm³/mol. The predicted octanol–water partition coefficient (Wildman–Crippen LogP) is 6.07. The van der Waals surface area contributed by atoms with E-state index in [1.54, 1.807) is 12.1 Å². The lowest BCUT2D eigenvalue weighted by Gasteiger charge is -2.33. The molecule has 1 saturated heterocycles. The number of pyridine rings is 1. The van der Waals surface area contributed by atoms with Gasteiger partial charge < -0.3 is 20.9 Å². The van der Waals surface area contributed by atoms with Crippen molar-refractivity contribution in [1.82, 2.24) is 20.5 Å². The molecule has 1 aliphatic carbocycles. The summed E-state index contributed by atoms with van der Waals surface area (Å²) in [7, 11) is 0. The van der Waals surface area contributed by atoms with Crippen molar-refractivity contribution < 1.29 is 35.9 Å². The zero-order valence-electron chi connectivity index (χ0n) is 25.0. The van der Waals surface area contributed by atoms with Gasteiger partial charge in [0.05, 0.1) is 5.56 Å². The van der Waals surface area contributed by atoms with Crippen molar-refractivity contribution in [1.29, 1.82) is 0 Å². The van der Waals surface area contributed by atoms with Crippen molar-refractivity contribution in [3.63, 3.8) is 0 Å². The van der Waals surface area contributed by atoms with E-state index in [1.807, 2.05) is 36.4 Å². The van der Waals surface area contributed by atoms with Crippen molar-refractivity contribution in [3.8, 4) is 11.1 Å². The zero-order valence-corrected chi connectivity index (χ0v) is 25.0. The molecule has 0 atom stereocenters. The first-order valence-electron chi connectivity index (χ1n) is 15.2. The van der Waals surface area contributed by atoms with Crippen molar-refractivity contribution in [2.24, 2.45) is 0 Å². The number of halogens is 6. The van der Waals surface area contributed by atoms with Crippen LogP contribution in [0.15, 0.2) is 66.9 Å². The Morgan fingerprint density at radius 2 is 1.43 bits per heavy atom. The van der Waals surface area contributed by atoms with E-state index in [-0.39, 0.29) is 17.4 Å². The van der Waals surface area contributed by atoms with Gasteiger partial charge in [0.15, 0.2) is 0 Å². The van der Waals surface area contributed by atoms with Gasteiger partial charge in [0.2, 0.25) is 5.91 Å². The lowest BCUT2D eigenvalue weighted by atomic mass is 9.73. The molecule has 3 N–H and O–H groups in total. The summed E-state index contributed by atoms with van der Waals surface area (Å²) in [5.41, 5.74) is 1.90. The van der Waals surface area contributed by atoms with Crippen molar-refractivity contribution in [2.45, 2.75) is 55.9 Å². The number of fused-ring (bicyclic) bond motifs is 3. The number of rotatable bonds is 11. The van der Waals surface area contributed by atoms with E-state index in [0.29, 0.717) is 62.9 Å². The minimum absolute atomic E-state index is 0.0393. The second-order valence-corrected chi connectivity index (χ2v) is 11.7. The van der Waals surface area contributed by atoms with Crippen LogP contribution in [0.3, 0.4) is 0 Å². The normalized spacial score (nSPS) is 16.4. The van der Waals surface area contributed by atoms with Crippen LogP contribution in [-0.4, -0.2) is 72.8 Å². The fourth-order valence-electron chi connectivity index (χ4n) is 6.49. The van der Waals surface area contributed by atoms with Crippen LogP contribution in [0.25, 0.3) is 11.1 Å². The molecule has 13 heteroatoms. The largest absolute Gasteiger partial charge is 0.405 e. The van der Waals surface area contributed by atoms with Crippen molar-refractivity contribution >= 4 is 17.6 Å². The molecule has 0 unspecified atom stereocenters. The van der Waals surface area contributed by atoms with Crippen LogP contribution >= 0.6 is 0 Å². The van der Waals surface area contributed by atoms with E-state index in [1.165, 1.54) is 18.3 Å². The number of hydrogen-bond acceptors (Lipinski definition) is 5. The summed E-state index contributed by atoms with van der Waals surface area (Å²) in [4.78, 5) is 32.6. The summed E-state index contributed by atoms with van der Waals surface area (Å²) >= 11 is 0. The van der Waals surface area contributed by atoms with Crippen LogP contribution in [0.2, 0.25) is 0 Å². The molecule has 7 nitrogen and oxygen atoms in total. The monoisotopic (exact) mass is 647 g/mol. The first kappa shape index (κ1) is 33.2. The third kappa shape index (κ3) is 7.63. The highest BCUT2D eigenvalue weighted by Gasteiger charge is 2.49. The number of nitrogens with zero attached hydrogens (tertiary/aromatic N) is 2. The number of likely N-dealkylation sites (tertiary alicyclic amines) is 1. The summed E-state index contributed by atoms with van der Waals surface area (Å²) in [6.45, 7) is -0.644. The molecule has 1 aliphatic heterocycles. The number of anilines is 1. The first-order chi connectivity index (χ1) is 21.9. The van der Waals surface area contributed by atoms with Gasteiger partial charge in [-0.3, -0.25) is 9.59 Å². The topological polar surface area (TPSA) is 86.4 Å². The number of unbranched alkanes of at least 4 members (excludes halogenated alkanes) is 1. The molecule has 5 rings (SSSR count). The Balaban J connectivity index is 1.17. The van der Waals surface area contributed by atoms with Gasteiger partial charge in [0.1, 0.15) is 24.3 Å². The van der Waals surface area contributed by atoms with Gasteiger partial charge in [0, 0.05) is 25.3 Å². The second-order valence-electron chi connectivity index (χ2n) is 11.7. The zero-order chi connectivity index (χ0) is 33.0. The van der Waals surface area contributed by atoms with Gasteiger partial charge in [-0.05, 0) is 66.6 Å². The van der Waals surface area contributed by atoms with E-state index < -0.39 is 42.7 Å². The quantitative estimate of drug-likeness (QED) is 0.174. The van der Waals surface area contributed by atoms with Crippen molar-refractivity contribution in [2.75, 3.05) is 38.0 Å². The molecule has 3 aromatic rings. The smallest absolute Gasteiger partial charge is 0.361 e. The lowest BCUT2D eigenvalue weighted by molar-refractivity contribution is -0.141. The average molecular weight is 648 g/mol. The minimum Gasteiger partial charge on any atom is -0.361 e. The fourth-order valence-corrected chi connectivity index (χ4v) is 6.49. The Bertz CT molecular complexity index is 1490. The second kappa shape index (κ2) is 13.7. The van der Waals surface area contributed by atoms with E-state index in [4.69, 9.17) is 0 Å². The Kier molecular flexibility index (Phi) is 9.90. The number of benzene rings is 2. The highest BCUT2D eigenvalue weighted by Crippen LogP contribution is 2.51. The van der Waals surface area contributed by atoms with Crippen LogP contribution in [0.1, 0.15) is 53.6 Å². The standard InChI is InChI=1S/C33H35F6N5O2/c34-32(35,36)20-41-28-25(10-7-16-40-28)29(45)43-22-13-18-44(19-14-22)17-6-5-15-31(30(46)42-21-33(37,38)39)26-11-3-1-8-23(26)24-9-2-4-12-27(24)31/h1-4,7-12,16,22H,5-6,13-15,17-21H2,(H,40,41)(H,42,46)(H,43,45). The molecule has 2 aromatic carbocycles. The maximum Gasteiger partial charge on any atom is 0.405 e. The van der Waals surface area contributed by atoms with E-state index >= 15 is 0 Å². The number of nitrogens with one attached hydrogen (secondary N) is 3. The molecule has 0 radical (unpaired) electrons. The number of carbonyl (C=O) groups excluding carboxylic acids is 2. The number of hydrogen-bond donors (Lipinski definition) is 3. The number of carbonyl (C=O) groups is 2. The number of aromatic nitrogens is 1. The van der Waals surface area contributed by atoms with Gasteiger partial charge in [-0.15, -0.1) is 0 Å². The van der Waals surface area contributed by atoms with Gasteiger partial charge in [-0.2, -0.15) is 26.3 Å². The van der Waals surface area contributed by atoms with Gasteiger partial charge >= 0.3 is 12.4 Å². The van der Waals surface area contributed by atoms with Crippen molar-refractivity contribution in [3.05, 3.63) is 83.6 Å². The molecular formula is C33H35F6N5O2. The average Bonchev–Trinajstić information content (AvgIpc) is 3.32. The summed E-state index contributed by atoms with van der Waals surface area (Å²) < 4.78 is 77.3. The number of piperidine rings is 1. The molecule has 0 spiro atoms. The maximum atomic E-state index is 13.6. The Labute approximate surface area is 262 Å². The Hall–Kier alpha value is -4.13. The molecule has 2 amide bonds. The lowest BCUT2D eigenvalue weighted by Crippen LogP contribution is -2.47. The summed E-state index contributed by atoms with van der Waals surface area (Å²) in [6.07, 6.45) is -4.76. The van der Waals surface area contributed by atoms with Crippen LogP contribution in [0.4, 0.5) is 32.2 Å². The van der Waals surface area contributed by atoms with Crippen LogP contribution in [0.5, 0.6) is 0 Å². The highest BCUT2D eigenvalue weighted by molar-refractivity contribution is 6.00. The van der Waals surface area contributed by atoms with E-state index in [2.05, 4.69) is 25.8 Å².